The van der Waals surface area contributed by atoms with Crippen molar-refractivity contribution in [2.75, 3.05) is 0 Å². The van der Waals surface area contributed by atoms with Crippen LogP contribution in [0.2, 0.25) is 0 Å². The maximum Gasteiger partial charge on any atom is 0.453 e. The fourth-order valence-electron chi connectivity index (χ4n) is 0.836. The predicted octanol–water partition coefficient (Wildman–Crippen LogP) is 0.990. The number of nitrogens with zero attached hydrogens (tertiary/aromatic N) is 1. The van der Waals surface area contributed by atoms with Gasteiger partial charge in [0, 0.05) is 0 Å². The molecule has 76 valence electrons. The van der Waals surface area contributed by atoms with Crippen molar-refractivity contribution in [1.29, 1.82) is 0 Å². The molecule has 1 aromatic rings. The Hall–Kier alpha value is -1.50. The van der Waals surface area contributed by atoms with Gasteiger partial charge in [0.05, 0.1) is 9.82 Å². The minimum atomic E-state index is -4.50. The molecule has 0 bridgehead atoms. The van der Waals surface area contributed by atoms with Gasteiger partial charge in [0.25, 0.3) is 9.84 Å². The second-order valence-corrected chi connectivity index (χ2v) is 4.39. The summed E-state index contributed by atoms with van der Waals surface area (Å²) in [6.45, 7) is 0. The van der Waals surface area contributed by atoms with Crippen LogP contribution in [0.1, 0.15) is 0 Å². The monoisotopic (exact) mass is 219 g/mol. The molecule has 0 spiro atoms. The molecule has 1 atom stereocenters. The molecule has 5 nitrogen and oxygen atoms in total. The first kappa shape index (κ1) is 10.6. The molecule has 0 aliphatic carbocycles. The molecule has 0 fully saturated rings. The Kier molecular flexibility index (Phi) is 2.80. The summed E-state index contributed by atoms with van der Waals surface area (Å²) < 4.78 is 35.0. The van der Waals surface area contributed by atoms with E-state index in [9.17, 15) is 22.9 Å². The lowest BCUT2D eigenvalue weighted by Crippen LogP contribution is -2.24. The number of sulfone groups is 1. The topological polar surface area (TPSA) is 77.3 Å². The van der Waals surface area contributed by atoms with Crippen molar-refractivity contribution in [3.63, 3.8) is 0 Å². The zero-order chi connectivity index (χ0) is 10.8. The molecule has 0 aliphatic heterocycles. The Bertz CT molecular complexity index is 430. The Morgan fingerprint density at radius 1 is 1.29 bits per heavy atom. The summed E-state index contributed by atoms with van der Waals surface area (Å²) in [5, 5.41) is 9.97. The van der Waals surface area contributed by atoms with E-state index >= 15 is 0 Å². The third-order valence-electron chi connectivity index (χ3n) is 1.49. The summed E-state index contributed by atoms with van der Waals surface area (Å²) in [7, 11) is -4.50. The second-order valence-electron chi connectivity index (χ2n) is 2.44. The number of benzene rings is 1. The van der Waals surface area contributed by atoms with Crippen LogP contribution >= 0.6 is 0 Å². The lowest BCUT2D eigenvalue weighted by Gasteiger charge is -2.02. The third kappa shape index (κ3) is 1.87. The van der Waals surface area contributed by atoms with Crippen molar-refractivity contribution < 1.29 is 17.7 Å². The predicted molar refractivity (Wildman–Crippen MR) is 45.5 cm³/mol. The van der Waals surface area contributed by atoms with Crippen LogP contribution in [0.15, 0.2) is 35.2 Å². The maximum absolute atomic E-state index is 12.7. The highest BCUT2D eigenvalue weighted by atomic mass is 32.2. The molecule has 14 heavy (non-hydrogen) atoms. The van der Waals surface area contributed by atoms with Crippen molar-refractivity contribution in [2.24, 2.45) is 0 Å². The highest BCUT2D eigenvalue weighted by Gasteiger charge is 2.37. The molecule has 1 rings (SSSR count). The summed E-state index contributed by atoms with van der Waals surface area (Å²) in [4.78, 5) is 8.09. The standard InChI is InChI=1S/C7H6FNO4S/c8-7(9(10)11)14(12,13)6-4-2-1-3-5-6/h1-5,7H/t7-/m0/s1. The smallest absolute Gasteiger partial charge is 0.261 e. The van der Waals surface area contributed by atoms with E-state index in [1.54, 1.807) is 0 Å². The largest absolute Gasteiger partial charge is 0.453 e. The molecule has 0 N–H and O–H groups in total. The molecule has 0 heterocycles. The zero-order valence-electron chi connectivity index (χ0n) is 6.83. The molecule has 0 radical (unpaired) electrons. The van der Waals surface area contributed by atoms with E-state index in [2.05, 4.69) is 0 Å². The van der Waals surface area contributed by atoms with Crippen LogP contribution in [0.5, 0.6) is 0 Å². The van der Waals surface area contributed by atoms with Gasteiger partial charge in [-0.2, -0.15) is 4.39 Å². The molecular formula is C7H6FNO4S. The molecule has 7 heteroatoms. The van der Waals surface area contributed by atoms with Crippen LogP contribution < -0.4 is 0 Å². The van der Waals surface area contributed by atoms with Crippen LogP contribution in [0.25, 0.3) is 0 Å². The minimum Gasteiger partial charge on any atom is -0.261 e. The molecule has 1 aromatic carbocycles. The fraction of sp³-hybridized carbons (Fsp3) is 0.143. The van der Waals surface area contributed by atoms with Gasteiger partial charge in [-0.15, -0.1) is 0 Å². The van der Waals surface area contributed by atoms with E-state index in [0.29, 0.717) is 0 Å². The summed E-state index contributed by atoms with van der Waals surface area (Å²) in [6.07, 6.45) is 0. The lowest BCUT2D eigenvalue weighted by molar-refractivity contribution is -0.525. The number of nitro groups is 1. The molecule has 0 saturated carbocycles. The van der Waals surface area contributed by atoms with Gasteiger partial charge in [-0.3, -0.25) is 10.1 Å². The van der Waals surface area contributed by atoms with Gasteiger partial charge in [-0.1, -0.05) is 18.2 Å². The average molecular weight is 219 g/mol. The number of hydrogen-bond acceptors (Lipinski definition) is 4. The van der Waals surface area contributed by atoms with Crippen molar-refractivity contribution in [2.45, 2.75) is 10.5 Å². The van der Waals surface area contributed by atoms with Gasteiger partial charge < -0.3 is 0 Å². The number of rotatable bonds is 3. The van der Waals surface area contributed by atoms with Crippen LogP contribution in [0.4, 0.5) is 4.39 Å². The van der Waals surface area contributed by atoms with E-state index in [0.717, 1.165) is 12.1 Å². The molecule has 0 unspecified atom stereocenters. The third-order valence-corrected chi connectivity index (χ3v) is 3.11. The summed E-state index contributed by atoms with van der Waals surface area (Å²) in [6, 6.07) is 6.45. The van der Waals surface area contributed by atoms with E-state index in [1.165, 1.54) is 18.2 Å². The van der Waals surface area contributed by atoms with Crippen LogP contribution in [-0.2, 0) is 9.84 Å². The summed E-state index contributed by atoms with van der Waals surface area (Å²) in [5.74, 6) is 0. The number of halogens is 1. The van der Waals surface area contributed by atoms with Gasteiger partial charge in [-0.25, -0.2) is 8.42 Å². The van der Waals surface area contributed by atoms with Crippen molar-refractivity contribution in [1.82, 2.24) is 0 Å². The maximum atomic E-state index is 12.7. The molecular weight excluding hydrogens is 213 g/mol. The highest BCUT2D eigenvalue weighted by Crippen LogP contribution is 2.16. The lowest BCUT2D eigenvalue weighted by atomic mass is 10.4. The molecule has 0 aliphatic rings. The van der Waals surface area contributed by atoms with Crippen molar-refractivity contribution in [3.8, 4) is 0 Å². The summed E-state index contributed by atoms with van der Waals surface area (Å²) >= 11 is 0. The van der Waals surface area contributed by atoms with Crippen LogP contribution in [-0.4, -0.2) is 19.0 Å². The van der Waals surface area contributed by atoms with Crippen LogP contribution in [0, 0.1) is 10.1 Å². The van der Waals surface area contributed by atoms with E-state index in [1.807, 2.05) is 0 Å². The first-order chi connectivity index (χ1) is 6.46. The van der Waals surface area contributed by atoms with Gasteiger partial charge in [0.2, 0.25) is 0 Å². The molecule has 0 aromatic heterocycles. The quantitative estimate of drug-likeness (QED) is 0.431. The molecule has 0 amide bonds. The fourth-order valence-corrected chi connectivity index (χ4v) is 1.82. The average Bonchev–Trinajstić information content (AvgIpc) is 2.18. The Morgan fingerprint density at radius 2 is 1.79 bits per heavy atom. The van der Waals surface area contributed by atoms with Crippen molar-refractivity contribution in [3.05, 3.63) is 40.4 Å². The SMILES string of the molecule is O=[N+]([O-])[C@H](F)S(=O)(=O)c1ccccc1. The summed E-state index contributed by atoms with van der Waals surface area (Å²) in [5.41, 5.74) is -3.11. The van der Waals surface area contributed by atoms with Crippen molar-refractivity contribution >= 4 is 9.84 Å². The Morgan fingerprint density at radius 3 is 2.21 bits per heavy atom. The highest BCUT2D eigenvalue weighted by molar-refractivity contribution is 7.91. The zero-order valence-corrected chi connectivity index (χ0v) is 7.65. The second kappa shape index (κ2) is 3.70. The van der Waals surface area contributed by atoms with Gasteiger partial charge >= 0.3 is 5.63 Å². The van der Waals surface area contributed by atoms with Gasteiger partial charge in [0.15, 0.2) is 0 Å². The number of alkyl halides is 1. The van der Waals surface area contributed by atoms with Crippen LogP contribution in [0.3, 0.4) is 0 Å². The number of hydrogen-bond donors (Lipinski definition) is 0. The van der Waals surface area contributed by atoms with Gasteiger partial charge in [0.1, 0.15) is 0 Å². The Balaban J connectivity index is 3.16. The van der Waals surface area contributed by atoms with E-state index in [-0.39, 0.29) is 0 Å². The van der Waals surface area contributed by atoms with E-state index < -0.39 is 25.3 Å². The first-order valence-corrected chi connectivity index (χ1v) is 5.07. The first-order valence-electron chi connectivity index (χ1n) is 3.53. The molecule has 0 saturated heterocycles. The Labute approximate surface area is 79.2 Å². The van der Waals surface area contributed by atoms with Gasteiger partial charge in [-0.05, 0) is 12.1 Å². The minimum absolute atomic E-state index is 0.399. The normalized spacial score (nSPS) is 13.5. The van der Waals surface area contributed by atoms with E-state index in [4.69, 9.17) is 0 Å².